The Kier molecular flexibility index (Phi) is 5.60. The van der Waals surface area contributed by atoms with Crippen LogP contribution in [0, 0.1) is 18.4 Å². The lowest BCUT2D eigenvalue weighted by atomic mass is 9.76. The molecule has 2 atom stereocenters. The van der Waals surface area contributed by atoms with Crippen LogP contribution in [0.15, 0.2) is 35.4 Å². The lowest BCUT2D eigenvalue weighted by molar-refractivity contribution is 0.0519. The van der Waals surface area contributed by atoms with Crippen LogP contribution < -0.4 is 5.01 Å². The average molecular weight is 449 g/mol. The van der Waals surface area contributed by atoms with Crippen LogP contribution in [-0.2, 0) is 11.2 Å². The Morgan fingerprint density at radius 2 is 2.06 bits per heavy atom. The molecule has 2 aliphatic carbocycles. The number of carbonyl (C=O) groups excluding carboxylic acids is 1. The first-order chi connectivity index (χ1) is 15.6. The van der Waals surface area contributed by atoms with E-state index < -0.39 is 0 Å². The number of ether oxygens (including phenoxy) is 1. The molecule has 1 aromatic heterocycles. The van der Waals surface area contributed by atoms with Crippen molar-refractivity contribution in [3.8, 4) is 0 Å². The van der Waals surface area contributed by atoms with Gasteiger partial charge in [0.15, 0.2) is 0 Å². The van der Waals surface area contributed by atoms with Gasteiger partial charge in [0.2, 0.25) is 5.69 Å². The number of esters is 1. The number of carbonyl (C=O) groups is 1. The predicted octanol–water partition coefficient (Wildman–Crippen LogP) is 5.81. The molecule has 1 fully saturated rings. The molecule has 3 aliphatic rings. The van der Waals surface area contributed by atoms with Crippen LogP contribution in [0.5, 0.6) is 0 Å². The van der Waals surface area contributed by atoms with Crippen molar-refractivity contribution in [2.75, 3.05) is 11.6 Å². The minimum Gasteiger partial charge on any atom is -0.461 e. The lowest BCUT2D eigenvalue weighted by Gasteiger charge is -2.34. The molecule has 0 amide bonds. The molecule has 7 heteroatoms. The third kappa shape index (κ3) is 3.55. The molecule has 32 heavy (non-hydrogen) atoms. The molecule has 0 bridgehead atoms. The first kappa shape index (κ1) is 21.0. The molecule has 2 heterocycles. The predicted molar refractivity (Wildman–Crippen MR) is 124 cm³/mol. The summed E-state index contributed by atoms with van der Waals surface area (Å²) in [6.45, 7) is 9.41. The van der Waals surface area contributed by atoms with E-state index in [0.717, 1.165) is 35.5 Å². The van der Waals surface area contributed by atoms with Gasteiger partial charge >= 0.3 is 5.97 Å². The second-order valence-electron chi connectivity index (χ2n) is 8.67. The van der Waals surface area contributed by atoms with E-state index >= 15 is 0 Å². The number of hydrogen-bond acceptors (Lipinski definition) is 5. The zero-order chi connectivity index (χ0) is 22.2. The van der Waals surface area contributed by atoms with Crippen molar-refractivity contribution >= 4 is 34.7 Å². The average Bonchev–Trinajstić information content (AvgIpc) is 3.46. The minimum atomic E-state index is -0.384. The molecule has 0 saturated heterocycles. The number of halogens is 1. The number of hydrogen-bond donors (Lipinski definition) is 0. The van der Waals surface area contributed by atoms with E-state index in [4.69, 9.17) is 28.0 Å². The van der Waals surface area contributed by atoms with E-state index in [1.54, 1.807) is 19.1 Å². The molecular formula is C25H25ClN4O2. The molecule has 0 N–H and O–H groups in total. The van der Waals surface area contributed by atoms with Crippen LogP contribution in [0.25, 0.3) is 4.85 Å². The fourth-order valence-electron chi connectivity index (χ4n) is 5.47. The molecule has 5 rings (SSSR count). The van der Waals surface area contributed by atoms with Crippen LogP contribution in [-0.4, -0.2) is 29.3 Å². The zero-order valence-electron chi connectivity index (χ0n) is 18.1. The van der Waals surface area contributed by atoms with Crippen molar-refractivity contribution < 1.29 is 9.53 Å². The number of rotatable bonds is 4. The van der Waals surface area contributed by atoms with Crippen LogP contribution in [0.3, 0.4) is 0 Å². The number of aryl methyl sites for hydroxylation is 1. The highest BCUT2D eigenvalue weighted by molar-refractivity contribution is 6.33. The Bertz CT molecular complexity index is 1130. The van der Waals surface area contributed by atoms with Crippen molar-refractivity contribution in [3.05, 3.63) is 63.7 Å². The van der Waals surface area contributed by atoms with Crippen molar-refractivity contribution in [2.45, 2.75) is 51.5 Å². The number of anilines is 1. The van der Waals surface area contributed by atoms with Crippen molar-refractivity contribution in [3.63, 3.8) is 0 Å². The summed E-state index contributed by atoms with van der Waals surface area (Å²) in [6.07, 6.45) is 6.71. The third-order valence-corrected chi connectivity index (χ3v) is 7.19. The van der Waals surface area contributed by atoms with Crippen LogP contribution in [0.1, 0.15) is 60.8 Å². The normalized spacial score (nSPS) is 22.2. The van der Waals surface area contributed by atoms with Gasteiger partial charge in [-0.3, -0.25) is 5.01 Å². The highest BCUT2D eigenvalue weighted by atomic mass is 35.5. The number of pyridine rings is 1. The van der Waals surface area contributed by atoms with E-state index in [1.807, 2.05) is 18.2 Å². The van der Waals surface area contributed by atoms with Crippen molar-refractivity contribution in [1.82, 2.24) is 4.98 Å². The van der Waals surface area contributed by atoms with Gasteiger partial charge in [0, 0.05) is 16.5 Å². The van der Waals surface area contributed by atoms with E-state index in [2.05, 4.69) is 14.8 Å². The topological polar surface area (TPSA) is 59.2 Å². The van der Waals surface area contributed by atoms with Gasteiger partial charge in [-0.2, -0.15) is 5.10 Å². The monoisotopic (exact) mass is 448 g/mol. The number of hydrazone groups is 1. The summed E-state index contributed by atoms with van der Waals surface area (Å²) in [5.74, 6) is 0.514. The molecule has 1 saturated carbocycles. The molecular weight excluding hydrogens is 424 g/mol. The minimum absolute atomic E-state index is 0.278. The SMILES string of the molecule is [C-]#[N+]c1ccc(N2N=C3c4ccc(C(=O)OCC)nc4CC[C@@H]3[C@@H]2C2CCCC2)cc1Cl. The van der Waals surface area contributed by atoms with E-state index in [-0.39, 0.29) is 12.0 Å². The summed E-state index contributed by atoms with van der Waals surface area (Å²) in [7, 11) is 0. The number of fused-ring (bicyclic) bond motifs is 3. The first-order valence-corrected chi connectivity index (χ1v) is 11.7. The Labute approximate surface area is 193 Å². The Hall–Kier alpha value is -2.91. The maximum atomic E-state index is 12.1. The molecule has 164 valence electrons. The summed E-state index contributed by atoms with van der Waals surface area (Å²) >= 11 is 6.38. The van der Waals surface area contributed by atoms with Gasteiger partial charge in [0.1, 0.15) is 5.69 Å². The first-order valence-electron chi connectivity index (χ1n) is 11.3. The van der Waals surface area contributed by atoms with E-state index in [0.29, 0.717) is 34.8 Å². The number of aromatic nitrogens is 1. The summed E-state index contributed by atoms with van der Waals surface area (Å²) in [6, 6.07) is 9.59. The molecule has 1 aromatic carbocycles. The highest BCUT2D eigenvalue weighted by Gasteiger charge is 2.46. The number of benzene rings is 1. The van der Waals surface area contributed by atoms with Gasteiger partial charge in [-0.15, -0.1) is 0 Å². The molecule has 0 unspecified atom stereocenters. The third-order valence-electron chi connectivity index (χ3n) is 6.89. The summed E-state index contributed by atoms with van der Waals surface area (Å²) in [5, 5.41) is 7.71. The Morgan fingerprint density at radius 3 is 2.78 bits per heavy atom. The number of nitrogens with zero attached hydrogens (tertiary/aromatic N) is 4. The smallest absolute Gasteiger partial charge is 0.356 e. The summed E-state index contributed by atoms with van der Waals surface area (Å²) in [5.41, 5.74) is 4.74. The second kappa shape index (κ2) is 8.55. The lowest BCUT2D eigenvalue weighted by Crippen LogP contribution is -2.40. The maximum absolute atomic E-state index is 12.1. The Balaban J connectivity index is 1.55. The zero-order valence-corrected chi connectivity index (χ0v) is 18.8. The molecule has 2 aromatic rings. The van der Waals surface area contributed by atoms with Gasteiger partial charge in [-0.25, -0.2) is 14.6 Å². The van der Waals surface area contributed by atoms with Crippen molar-refractivity contribution in [2.24, 2.45) is 16.9 Å². The van der Waals surface area contributed by atoms with Gasteiger partial charge in [-0.05, 0) is 62.8 Å². The van der Waals surface area contributed by atoms with E-state index in [1.165, 1.54) is 25.7 Å². The molecule has 1 aliphatic heterocycles. The summed E-state index contributed by atoms with van der Waals surface area (Å²) in [4.78, 5) is 20.3. The maximum Gasteiger partial charge on any atom is 0.356 e. The van der Waals surface area contributed by atoms with Crippen LogP contribution in [0.4, 0.5) is 11.4 Å². The van der Waals surface area contributed by atoms with Crippen LogP contribution in [0.2, 0.25) is 5.02 Å². The van der Waals surface area contributed by atoms with E-state index in [9.17, 15) is 4.79 Å². The highest BCUT2D eigenvalue weighted by Crippen LogP contribution is 2.45. The molecule has 6 nitrogen and oxygen atoms in total. The van der Waals surface area contributed by atoms with Crippen molar-refractivity contribution in [1.29, 1.82) is 0 Å². The fraction of sp³-hybridized carbons (Fsp3) is 0.440. The Morgan fingerprint density at radius 1 is 1.25 bits per heavy atom. The van der Waals surface area contributed by atoms with Crippen LogP contribution >= 0.6 is 11.6 Å². The van der Waals surface area contributed by atoms with Gasteiger partial charge in [0.05, 0.1) is 36.3 Å². The quantitative estimate of drug-likeness (QED) is 0.437. The van der Waals surface area contributed by atoms with Gasteiger partial charge in [0.25, 0.3) is 0 Å². The van der Waals surface area contributed by atoms with Gasteiger partial charge < -0.3 is 4.74 Å². The second-order valence-corrected chi connectivity index (χ2v) is 9.08. The van der Waals surface area contributed by atoms with Gasteiger partial charge in [-0.1, -0.05) is 30.5 Å². The fourth-order valence-corrected chi connectivity index (χ4v) is 5.69. The molecule has 0 radical (unpaired) electrons. The standard InChI is InChI=1S/C25H25ClN4O2/c1-3-32-25(31)22-13-9-17-20(28-22)12-10-18-23(17)29-30(24(18)15-6-4-5-7-15)16-8-11-21(27-2)19(26)14-16/h8-9,11,13-15,18,24H,3-7,10,12H2,1H3/t18-,24-/m0/s1. The summed E-state index contributed by atoms with van der Waals surface area (Å²) < 4.78 is 5.12. The molecule has 0 spiro atoms. The largest absolute Gasteiger partial charge is 0.461 e.